The number of imide groups is 1. The molecule has 1 aliphatic heterocycles. The lowest BCUT2D eigenvalue weighted by molar-refractivity contribution is -0.133. The second kappa shape index (κ2) is 6.97. The SMILES string of the molecule is COc1ccc(C(=O)CN2C(=O)N[C@@]3(CCCC[C@@H]3C)C2=O)c(OC)c1. The Balaban J connectivity index is 1.82. The summed E-state index contributed by atoms with van der Waals surface area (Å²) < 4.78 is 10.4. The average molecular weight is 360 g/mol. The van der Waals surface area contributed by atoms with Crippen LogP contribution in [0.1, 0.15) is 43.0 Å². The van der Waals surface area contributed by atoms with Crippen LogP contribution in [-0.4, -0.2) is 48.9 Å². The molecule has 1 N–H and O–H groups in total. The Bertz CT molecular complexity index is 747. The quantitative estimate of drug-likeness (QED) is 0.644. The number of nitrogens with zero attached hydrogens (tertiary/aromatic N) is 1. The van der Waals surface area contributed by atoms with E-state index >= 15 is 0 Å². The topological polar surface area (TPSA) is 84.9 Å². The summed E-state index contributed by atoms with van der Waals surface area (Å²) in [5.74, 6) is 0.317. The third-order valence-corrected chi connectivity index (χ3v) is 5.51. The smallest absolute Gasteiger partial charge is 0.325 e. The molecule has 26 heavy (non-hydrogen) atoms. The molecule has 1 aromatic rings. The highest BCUT2D eigenvalue weighted by Gasteiger charge is 2.55. The number of methoxy groups -OCH3 is 2. The van der Waals surface area contributed by atoms with Crippen LogP contribution in [0.25, 0.3) is 0 Å². The van der Waals surface area contributed by atoms with Crippen molar-refractivity contribution in [2.45, 2.75) is 38.1 Å². The maximum absolute atomic E-state index is 13.0. The zero-order chi connectivity index (χ0) is 18.9. The van der Waals surface area contributed by atoms with E-state index in [1.807, 2.05) is 6.92 Å². The lowest BCUT2D eigenvalue weighted by atomic mass is 9.73. The lowest BCUT2D eigenvalue weighted by Crippen LogP contribution is -2.54. The molecule has 1 aliphatic carbocycles. The molecule has 0 radical (unpaired) electrons. The monoisotopic (exact) mass is 360 g/mol. The van der Waals surface area contributed by atoms with Gasteiger partial charge in [0.05, 0.1) is 26.3 Å². The van der Waals surface area contributed by atoms with Crippen LogP contribution in [0.15, 0.2) is 18.2 Å². The first-order chi connectivity index (χ1) is 12.4. The Morgan fingerprint density at radius 2 is 2.04 bits per heavy atom. The third-order valence-electron chi connectivity index (χ3n) is 5.51. The number of amides is 3. The van der Waals surface area contributed by atoms with Crippen LogP contribution < -0.4 is 14.8 Å². The Morgan fingerprint density at radius 1 is 1.27 bits per heavy atom. The summed E-state index contributed by atoms with van der Waals surface area (Å²) in [7, 11) is 2.98. The number of hydrogen-bond donors (Lipinski definition) is 1. The molecular weight excluding hydrogens is 336 g/mol. The normalized spacial score (nSPS) is 25.3. The maximum atomic E-state index is 13.0. The minimum absolute atomic E-state index is 0.0586. The number of ether oxygens (including phenoxy) is 2. The second-order valence-electron chi connectivity index (χ2n) is 6.93. The van der Waals surface area contributed by atoms with Gasteiger partial charge in [-0.25, -0.2) is 4.79 Å². The first-order valence-corrected chi connectivity index (χ1v) is 8.82. The fraction of sp³-hybridized carbons (Fsp3) is 0.526. The van der Waals surface area contributed by atoms with Gasteiger partial charge in [0.1, 0.15) is 17.0 Å². The molecule has 0 aromatic heterocycles. The first kappa shape index (κ1) is 18.2. The molecule has 3 amide bonds. The fourth-order valence-corrected chi connectivity index (χ4v) is 3.90. The Kier molecular flexibility index (Phi) is 4.89. The minimum Gasteiger partial charge on any atom is -0.497 e. The molecule has 2 atom stereocenters. The lowest BCUT2D eigenvalue weighted by Gasteiger charge is -2.36. The summed E-state index contributed by atoms with van der Waals surface area (Å²) in [6.07, 6.45) is 3.45. The van der Waals surface area contributed by atoms with E-state index in [0.29, 0.717) is 23.5 Å². The van der Waals surface area contributed by atoms with Crippen LogP contribution in [-0.2, 0) is 4.79 Å². The standard InChI is InChI=1S/C19H24N2O5/c1-12-6-4-5-9-19(12)17(23)21(18(24)20-19)11-15(22)14-8-7-13(25-2)10-16(14)26-3/h7-8,10,12H,4-6,9,11H2,1-3H3,(H,20,24)/t12-,19+/m0/s1. The van der Waals surface area contributed by atoms with E-state index in [-0.39, 0.29) is 24.2 Å². The molecule has 1 aromatic carbocycles. The number of hydrogen-bond acceptors (Lipinski definition) is 5. The molecule has 3 rings (SSSR count). The summed E-state index contributed by atoms with van der Waals surface area (Å²) in [6, 6.07) is 4.33. The summed E-state index contributed by atoms with van der Waals surface area (Å²) in [4.78, 5) is 39.1. The first-order valence-electron chi connectivity index (χ1n) is 8.82. The maximum Gasteiger partial charge on any atom is 0.325 e. The van der Waals surface area contributed by atoms with E-state index in [1.165, 1.54) is 14.2 Å². The van der Waals surface area contributed by atoms with Crippen molar-refractivity contribution in [1.29, 1.82) is 0 Å². The zero-order valence-electron chi connectivity index (χ0n) is 15.3. The van der Waals surface area contributed by atoms with Crippen molar-refractivity contribution in [2.24, 2.45) is 5.92 Å². The zero-order valence-corrected chi connectivity index (χ0v) is 15.3. The molecule has 2 aliphatic rings. The third kappa shape index (κ3) is 2.91. The van der Waals surface area contributed by atoms with E-state index in [1.54, 1.807) is 18.2 Å². The van der Waals surface area contributed by atoms with E-state index < -0.39 is 11.6 Å². The van der Waals surface area contributed by atoms with Crippen molar-refractivity contribution in [1.82, 2.24) is 10.2 Å². The number of carbonyl (C=O) groups is 3. The van der Waals surface area contributed by atoms with Gasteiger partial charge in [0.2, 0.25) is 0 Å². The van der Waals surface area contributed by atoms with E-state index in [9.17, 15) is 14.4 Å². The predicted molar refractivity (Wildman–Crippen MR) is 94.5 cm³/mol. The molecule has 1 saturated heterocycles. The number of rotatable bonds is 5. The number of Topliss-reactive ketones (excluding diaryl/α,β-unsaturated/α-hetero) is 1. The van der Waals surface area contributed by atoms with Gasteiger partial charge < -0.3 is 14.8 Å². The molecule has 0 unspecified atom stereocenters. The van der Waals surface area contributed by atoms with Crippen molar-refractivity contribution in [3.8, 4) is 11.5 Å². The van der Waals surface area contributed by atoms with Crippen LogP contribution in [0.5, 0.6) is 11.5 Å². The van der Waals surface area contributed by atoms with Gasteiger partial charge in [-0.15, -0.1) is 0 Å². The summed E-state index contributed by atoms with van der Waals surface area (Å²) in [5, 5.41) is 2.86. The van der Waals surface area contributed by atoms with Gasteiger partial charge in [-0.2, -0.15) is 0 Å². The van der Waals surface area contributed by atoms with Crippen LogP contribution in [0.4, 0.5) is 4.79 Å². The van der Waals surface area contributed by atoms with Crippen molar-refractivity contribution < 1.29 is 23.9 Å². The number of urea groups is 1. The number of carbonyl (C=O) groups excluding carboxylic acids is 3. The predicted octanol–water partition coefficient (Wildman–Crippen LogP) is 2.39. The number of nitrogens with one attached hydrogen (secondary N) is 1. The summed E-state index contributed by atoms with van der Waals surface area (Å²) >= 11 is 0. The molecule has 2 fully saturated rings. The fourth-order valence-electron chi connectivity index (χ4n) is 3.90. The van der Waals surface area contributed by atoms with Gasteiger partial charge >= 0.3 is 6.03 Å². The van der Waals surface area contributed by atoms with Gasteiger partial charge in [-0.3, -0.25) is 14.5 Å². The average Bonchev–Trinajstić information content (AvgIpc) is 2.88. The van der Waals surface area contributed by atoms with Crippen molar-refractivity contribution in [3.05, 3.63) is 23.8 Å². The van der Waals surface area contributed by atoms with Gasteiger partial charge in [-0.05, 0) is 30.9 Å². The summed E-state index contributed by atoms with van der Waals surface area (Å²) in [5.41, 5.74) is -0.550. The van der Waals surface area contributed by atoms with Crippen LogP contribution in [0.2, 0.25) is 0 Å². The second-order valence-corrected chi connectivity index (χ2v) is 6.93. The molecule has 1 saturated carbocycles. The number of benzene rings is 1. The highest BCUT2D eigenvalue weighted by Crippen LogP contribution is 2.38. The molecule has 7 nitrogen and oxygen atoms in total. The molecule has 0 bridgehead atoms. The molecule has 140 valence electrons. The van der Waals surface area contributed by atoms with Crippen molar-refractivity contribution in [3.63, 3.8) is 0 Å². The van der Waals surface area contributed by atoms with Gasteiger partial charge in [-0.1, -0.05) is 19.8 Å². The largest absolute Gasteiger partial charge is 0.497 e. The Hall–Kier alpha value is -2.57. The van der Waals surface area contributed by atoms with E-state index in [4.69, 9.17) is 9.47 Å². The minimum atomic E-state index is -0.862. The van der Waals surface area contributed by atoms with Crippen molar-refractivity contribution in [2.75, 3.05) is 20.8 Å². The number of ketones is 1. The Labute approximate surface area is 152 Å². The van der Waals surface area contributed by atoms with E-state index in [2.05, 4.69) is 5.32 Å². The molecule has 1 spiro atoms. The van der Waals surface area contributed by atoms with Crippen LogP contribution in [0, 0.1) is 5.92 Å². The molecule has 1 heterocycles. The highest BCUT2D eigenvalue weighted by molar-refractivity contribution is 6.11. The van der Waals surface area contributed by atoms with E-state index in [0.717, 1.165) is 24.2 Å². The van der Waals surface area contributed by atoms with Crippen LogP contribution >= 0.6 is 0 Å². The highest BCUT2D eigenvalue weighted by atomic mass is 16.5. The Morgan fingerprint density at radius 3 is 2.69 bits per heavy atom. The molecule has 7 heteroatoms. The van der Waals surface area contributed by atoms with Gasteiger partial charge in [0.15, 0.2) is 5.78 Å². The molecular formula is C19H24N2O5. The van der Waals surface area contributed by atoms with Crippen LogP contribution in [0.3, 0.4) is 0 Å². The van der Waals surface area contributed by atoms with Crippen molar-refractivity contribution >= 4 is 17.7 Å². The van der Waals surface area contributed by atoms with Gasteiger partial charge in [0, 0.05) is 6.07 Å². The summed E-state index contributed by atoms with van der Waals surface area (Å²) in [6.45, 7) is 1.68. The van der Waals surface area contributed by atoms with Gasteiger partial charge in [0.25, 0.3) is 5.91 Å².